The van der Waals surface area contributed by atoms with E-state index in [0.29, 0.717) is 25.1 Å². The van der Waals surface area contributed by atoms with Crippen molar-refractivity contribution in [2.24, 2.45) is 5.92 Å². The van der Waals surface area contributed by atoms with Crippen molar-refractivity contribution in [1.82, 2.24) is 4.90 Å². The van der Waals surface area contributed by atoms with Crippen LogP contribution >= 0.6 is 11.6 Å². The number of ether oxygens (including phenoxy) is 1. The number of carbonyl (C=O) groups is 2. The normalized spacial score (nSPS) is 17.2. The molecule has 0 bridgehead atoms. The molecule has 2 amide bonds. The van der Waals surface area contributed by atoms with Gasteiger partial charge in [-0.2, -0.15) is 0 Å². The topological polar surface area (TPSA) is 102 Å². The number of nitrogens with zero attached hydrogens (tertiary/aromatic N) is 2. The standard InChI is InChI=1S/C15H18ClN3O5/c1-2-24-15(21)18-7-3-4-10(9-18)14(20)17-11-5-6-12(16)13(8-11)19(22)23/h5-6,8,10H,2-4,7,9H2,1H3,(H,17,20). The first-order chi connectivity index (χ1) is 11.4. The number of carbonyl (C=O) groups excluding carboxylic acids is 2. The van der Waals surface area contributed by atoms with Crippen molar-refractivity contribution in [1.29, 1.82) is 0 Å². The fraction of sp³-hybridized carbons (Fsp3) is 0.467. The number of likely N-dealkylation sites (tertiary alicyclic amines) is 1. The molecule has 1 aromatic carbocycles. The van der Waals surface area contributed by atoms with Crippen molar-refractivity contribution in [3.63, 3.8) is 0 Å². The Hall–Kier alpha value is -2.35. The van der Waals surface area contributed by atoms with Gasteiger partial charge in [0.15, 0.2) is 0 Å². The van der Waals surface area contributed by atoms with E-state index in [1.165, 1.54) is 23.1 Å². The lowest BCUT2D eigenvalue weighted by atomic mass is 9.97. The highest BCUT2D eigenvalue weighted by Crippen LogP contribution is 2.28. The number of nitrogens with one attached hydrogen (secondary N) is 1. The zero-order valence-corrected chi connectivity index (χ0v) is 13.9. The summed E-state index contributed by atoms with van der Waals surface area (Å²) in [5.74, 6) is -0.682. The molecule has 0 spiro atoms. The lowest BCUT2D eigenvalue weighted by Crippen LogP contribution is -2.44. The van der Waals surface area contributed by atoms with Crippen molar-refractivity contribution in [3.8, 4) is 0 Å². The molecule has 24 heavy (non-hydrogen) atoms. The van der Waals surface area contributed by atoms with Gasteiger partial charge < -0.3 is 15.0 Å². The number of benzene rings is 1. The highest BCUT2D eigenvalue weighted by atomic mass is 35.5. The third-order valence-corrected chi connectivity index (χ3v) is 4.05. The van der Waals surface area contributed by atoms with E-state index < -0.39 is 16.9 Å². The maximum atomic E-state index is 12.4. The highest BCUT2D eigenvalue weighted by Gasteiger charge is 2.29. The minimum absolute atomic E-state index is 0.00384. The summed E-state index contributed by atoms with van der Waals surface area (Å²) in [7, 11) is 0. The molecule has 2 rings (SSSR count). The van der Waals surface area contributed by atoms with Crippen molar-refractivity contribution < 1.29 is 19.2 Å². The Morgan fingerprint density at radius 2 is 2.25 bits per heavy atom. The molecule has 1 saturated heterocycles. The van der Waals surface area contributed by atoms with Gasteiger partial charge in [0.05, 0.1) is 17.4 Å². The molecule has 1 atom stereocenters. The van der Waals surface area contributed by atoms with Gasteiger partial charge in [0.2, 0.25) is 5.91 Å². The molecule has 8 nitrogen and oxygen atoms in total. The Balaban J connectivity index is 2.03. The number of nitro benzene ring substituents is 1. The van der Waals surface area contributed by atoms with E-state index >= 15 is 0 Å². The van der Waals surface area contributed by atoms with Gasteiger partial charge in [0.1, 0.15) is 5.02 Å². The fourth-order valence-corrected chi connectivity index (χ4v) is 2.73. The van der Waals surface area contributed by atoms with E-state index in [-0.39, 0.29) is 29.8 Å². The zero-order chi connectivity index (χ0) is 17.7. The number of halogens is 1. The number of anilines is 1. The van der Waals surface area contributed by atoms with Gasteiger partial charge in [-0.25, -0.2) is 4.79 Å². The summed E-state index contributed by atoms with van der Waals surface area (Å²) >= 11 is 5.75. The Morgan fingerprint density at radius 1 is 1.50 bits per heavy atom. The minimum Gasteiger partial charge on any atom is -0.450 e. The molecular formula is C15H18ClN3O5. The van der Waals surface area contributed by atoms with Crippen LogP contribution in [0.5, 0.6) is 0 Å². The van der Waals surface area contributed by atoms with Gasteiger partial charge in [-0.15, -0.1) is 0 Å². The summed E-state index contributed by atoms with van der Waals surface area (Å²) < 4.78 is 4.95. The molecule has 130 valence electrons. The molecule has 1 fully saturated rings. The zero-order valence-electron chi connectivity index (χ0n) is 13.2. The number of hydrogen-bond donors (Lipinski definition) is 1. The van der Waals surface area contributed by atoms with Crippen LogP contribution in [0.25, 0.3) is 0 Å². The maximum Gasteiger partial charge on any atom is 0.409 e. The van der Waals surface area contributed by atoms with Crippen molar-refractivity contribution in [2.45, 2.75) is 19.8 Å². The average molecular weight is 356 g/mol. The number of piperidine rings is 1. The van der Waals surface area contributed by atoms with Crippen LogP contribution in [0.4, 0.5) is 16.2 Å². The second kappa shape index (κ2) is 7.96. The maximum absolute atomic E-state index is 12.4. The van der Waals surface area contributed by atoms with Gasteiger partial charge >= 0.3 is 6.09 Å². The molecule has 1 aliphatic rings. The van der Waals surface area contributed by atoms with Crippen LogP contribution in [0.3, 0.4) is 0 Å². The molecule has 0 saturated carbocycles. The quantitative estimate of drug-likeness (QED) is 0.660. The Labute approximate surface area is 143 Å². The van der Waals surface area contributed by atoms with E-state index in [1.807, 2.05) is 0 Å². The Bertz CT molecular complexity index is 652. The molecule has 1 unspecified atom stereocenters. The van der Waals surface area contributed by atoms with Crippen LogP contribution in [0, 0.1) is 16.0 Å². The molecule has 9 heteroatoms. The lowest BCUT2D eigenvalue weighted by Gasteiger charge is -2.31. The van der Waals surface area contributed by atoms with E-state index in [2.05, 4.69) is 5.32 Å². The van der Waals surface area contributed by atoms with E-state index in [0.717, 1.165) is 0 Å². The summed E-state index contributed by atoms with van der Waals surface area (Å²) in [6.07, 6.45) is 0.895. The molecule has 1 aromatic rings. The second-order valence-electron chi connectivity index (χ2n) is 5.40. The first kappa shape index (κ1) is 18.0. The molecule has 1 N–H and O–H groups in total. The molecule has 0 aliphatic carbocycles. The number of hydrogen-bond acceptors (Lipinski definition) is 5. The summed E-state index contributed by atoms with van der Waals surface area (Å²) in [4.78, 5) is 35.9. The van der Waals surface area contributed by atoms with Gasteiger partial charge in [-0.3, -0.25) is 14.9 Å². The smallest absolute Gasteiger partial charge is 0.409 e. The number of rotatable bonds is 4. The second-order valence-corrected chi connectivity index (χ2v) is 5.80. The fourth-order valence-electron chi connectivity index (χ4n) is 2.55. The summed E-state index contributed by atoms with van der Waals surface area (Å²) in [5.41, 5.74) is 0.0237. The number of nitro groups is 1. The number of amides is 2. The van der Waals surface area contributed by atoms with Crippen molar-refractivity contribution in [3.05, 3.63) is 33.3 Å². The monoisotopic (exact) mass is 355 g/mol. The summed E-state index contributed by atoms with van der Waals surface area (Å²) in [6, 6.07) is 4.08. The van der Waals surface area contributed by atoms with Gasteiger partial charge in [0.25, 0.3) is 5.69 Å². The molecule has 1 aliphatic heterocycles. The van der Waals surface area contributed by atoms with Gasteiger partial charge in [-0.1, -0.05) is 11.6 Å². The Morgan fingerprint density at radius 3 is 2.92 bits per heavy atom. The van der Waals surface area contributed by atoms with E-state index in [9.17, 15) is 19.7 Å². The average Bonchev–Trinajstić information content (AvgIpc) is 2.56. The van der Waals surface area contributed by atoms with Gasteiger partial charge in [0, 0.05) is 24.8 Å². The van der Waals surface area contributed by atoms with E-state index in [1.54, 1.807) is 6.92 Å². The first-order valence-corrected chi connectivity index (χ1v) is 7.96. The molecule has 1 heterocycles. The molecular weight excluding hydrogens is 338 g/mol. The predicted octanol–water partition coefficient (Wildman–Crippen LogP) is 3.06. The van der Waals surface area contributed by atoms with Crippen LogP contribution < -0.4 is 5.32 Å². The SMILES string of the molecule is CCOC(=O)N1CCCC(C(=O)Nc2ccc(Cl)c([N+](=O)[O-])c2)C1. The van der Waals surface area contributed by atoms with Crippen LogP contribution in [0.1, 0.15) is 19.8 Å². The third kappa shape index (κ3) is 4.35. The summed E-state index contributed by atoms with van der Waals surface area (Å²) in [5, 5.41) is 13.5. The van der Waals surface area contributed by atoms with E-state index in [4.69, 9.17) is 16.3 Å². The van der Waals surface area contributed by atoms with Gasteiger partial charge in [-0.05, 0) is 31.9 Å². The predicted molar refractivity (Wildman–Crippen MR) is 88.1 cm³/mol. The van der Waals surface area contributed by atoms with Crippen LogP contribution in [0.15, 0.2) is 18.2 Å². The highest BCUT2D eigenvalue weighted by molar-refractivity contribution is 6.32. The minimum atomic E-state index is -0.610. The largest absolute Gasteiger partial charge is 0.450 e. The summed E-state index contributed by atoms with van der Waals surface area (Å²) in [6.45, 7) is 2.81. The molecule has 0 aromatic heterocycles. The first-order valence-electron chi connectivity index (χ1n) is 7.59. The van der Waals surface area contributed by atoms with Crippen molar-refractivity contribution >= 4 is 35.0 Å². The van der Waals surface area contributed by atoms with Crippen LogP contribution in [0.2, 0.25) is 5.02 Å². The third-order valence-electron chi connectivity index (χ3n) is 3.73. The lowest BCUT2D eigenvalue weighted by molar-refractivity contribution is -0.384. The van der Waals surface area contributed by atoms with Crippen molar-refractivity contribution in [2.75, 3.05) is 25.0 Å². The van der Waals surface area contributed by atoms with Crippen LogP contribution in [-0.4, -0.2) is 41.5 Å². The molecule has 0 radical (unpaired) electrons. The van der Waals surface area contributed by atoms with Crippen LogP contribution in [-0.2, 0) is 9.53 Å². The Kier molecular flexibility index (Phi) is 5.97.